The molecule has 0 aliphatic rings. The van der Waals surface area contributed by atoms with Gasteiger partial charge in [-0.05, 0) is 30.2 Å². The average molecular weight is 196 g/mol. The third-order valence-corrected chi connectivity index (χ3v) is 1.98. The van der Waals surface area contributed by atoms with Gasteiger partial charge in [-0.15, -0.1) is 0 Å². The minimum atomic E-state index is -0.919. The number of carboxylic acid groups (broad SMARTS) is 1. The maximum atomic E-state index is 10.5. The van der Waals surface area contributed by atoms with Crippen LogP contribution < -0.4 is 4.74 Å². The van der Waals surface area contributed by atoms with Crippen LogP contribution in [0.15, 0.2) is 12.1 Å². The van der Waals surface area contributed by atoms with Gasteiger partial charge in [0.25, 0.3) is 0 Å². The Morgan fingerprint density at radius 1 is 1.50 bits per heavy atom. The Labute approximate surface area is 81.8 Å². The summed E-state index contributed by atoms with van der Waals surface area (Å²) in [7, 11) is 1.45. The molecule has 1 aromatic rings. The molecule has 2 N–H and O–H groups in total. The second-order valence-corrected chi connectivity index (χ2v) is 3.02. The lowest BCUT2D eigenvalue weighted by Gasteiger charge is -2.08. The van der Waals surface area contributed by atoms with Crippen LogP contribution in [0.5, 0.6) is 11.5 Å². The molecular weight excluding hydrogens is 184 g/mol. The Balaban J connectivity index is 3.08. The van der Waals surface area contributed by atoms with Crippen LogP contribution in [-0.4, -0.2) is 23.3 Å². The fourth-order valence-corrected chi connectivity index (χ4v) is 1.23. The standard InChI is InChI=1S/C10H12O4/c1-6-3-9(14-2)8(11)4-7(6)5-10(12)13/h3-4,11H,5H2,1-2H3,(H,12,13). The highest BCUT2D eigenvalue weighted by atomic mass is 16.5. The quantitative estimate of drug-likeness (QED) is 0.765. The SMILES string of the molecule is COc1cc(C)c(CC(=O)O)cc1O. The van der Waals surface area contributed by atoms with Gasteiger partial charge in [0.05, 0.1) is 13.5 Å². The van der Waals surface area contributed by atoms with E-state index in [0.29, 0.717) is 11.3 Å². The highest BCUT2D eigenvalue weighted by Crippen LogP contribution is 2.29. The number of phenols is 1. The molecule has 76 valence electrons. The lowest BCUT2D eigenvalue weighted by molar-refractivity contribution is -0.136. The Kier molecular flexibility index (Phi) is 2.96. The Morgan fingerprint density at radius 3 is 2.64 bits per heavy atom. The average Bonchev–Trinajstić information content (AvgIpc) is 2.10. The predicted molar refractivity (Wildman–Crippen MR) is 50.7 cm³/mol. The van der Waals surface area contributed by atoms with Gasteiger partial charge in [0, 0.05) is 0 Å². The summed E-state index contributed by atoms with van der Waals surface area (Å²) in [5.41, 5.74) is 1.39. The minimum absolute atomic E-state index is 0.0330. The molecule has 0 aromatic heterocycles. The van der Waals surface area contributed by atoms with Gasteiger partial charge >= 0.3 is 5.97 Å². The predicted octanol–water partition coefficient (Wildman–Crippen LogP) is 1.34. The topological polar surface area (TPSA) is 66.8 Å². The van der Waals surface area contributed by atoms with Crippen molar-refractivity contribution >= 4 is 5.97 Å². The van der Waals surface area contributed by atoms with E-state index in [1.807, 2.05) is 0 Å². The summed E-state index contributed by atoms with van der Waals surface area (Å²) < 4.78 is 4.89. The van der Waals surface area contributed by atoms with E-state index < -0.39 is 5.97 Å². The Hall–Kier alpha value is -1.71. The molecule has 1 rings (SSSR count). The Bertz CT molecular complexity index is 357. The van der Waals surface area contributed by atoms with Crippen LogP contribution >= 0.6 is 0 Å². The second-order valence-electron chi connectivity index (χ2n) is 3.02. The zero-order valence-electron chi connectivity index (χ0n) is 8.07. The number of benzene rings is 1. The lowest BCUT2D eigenvalue weighted by Crippen LogP contribution is -2.02. The number of carbonyl (C=O) groups is 1. The van der Waals surface area contributed by atoms with Crippen molar-refractivity contribution in [2.75, 3.05) is 7.11 Å². The molecule has 0 fully saturated rings. The number of phenolic OH excluding ortho intramolecular Hbond substituents is 1. The molecule has 0 heterocycles. The molecule has 0 aliphatic heterocycles. The summed E-state index contributed by atoms with van der Waals surface area (Å²) in [6.07, 6.45) is -0.0939. The molecule has 0 amide bonds. The monoisotopic (exact) mass is 196 g/mol. The fourth-order valence-electron chi connectivity index (χ4n) is 1.23. The number of aromatic hydroxyl groups is 1. The van der Waals surface area contributed by atoms with Gasteiger partial charge in [-0.3, -0.25) is 4.79 Å². The van der Waals surface area contributed by atoms with Gasteiger partial charge in [0.2, 0.25) is 0 Å². The van der Waals surface area contributed by atoms with Crippen molar-refractivity contribution in [3.05, 3.63) is 23.3 Å². The first-order valence-electron chi connectivity index (χ1n) is 4.13. The van der Waals surface area contributed by atoms with Crippen LogP contribution in [0.4, 0.5) is 0 Å². The van der Waals surface area contributed by atoms with Gasteiger partial charge in [0.15, 0.2) is 11.5 Å². The number of methoxy groups -OCH3 is 1. The first kappa shape index (κ1) is 10.4. The summed E-state index contributed by atoms with van der Waals surface area (Å²) in [6.45, 7) is 1.78. The van der Waals surface area contributed by atoms with E-state index >= 15 is 0 Å². The van der Waals surface area contributed by atoms with Gasteiger partial charge in [0.1, 0.15) is 0 Å². The van der Waals surface area contributed by atoms with Crippen molar-refractivity contribution in [3.63, 3.8) is 0 Å². The van der Waals surface area contributed by atoms with E-state index in [-0.39, 0.29) is 12.2 Å². The third kappa shape index (κ3) is 2.16. The van der Waals surface area contributed by atoms with E-state index in [4.69, 9.17) is 9.84 Å². The molecule has 0 atom stereocenters. The summed E-state index contributed by atoms with van der Waals surface area (Å²) in [5, 5.41) is 18.0. The molecule has 14 heavy (non-hydrogen) atoms. The van der Waals surface area contributed by atoms with E-state index in [9.17, 15) is 9.90 Å². The maximum Gasteiger partial charge on any atom is 0.307 e. The van der Waals surface area contributed by atoms with Crippen LogP contribution in [0.1, 0.15) is 11.1 Å². The van der Waals surface area contributed by atoms with E-state index in [2.05, 4.69) is 0 Å². The van der Waals surface area contributed by atoms with Crippen LogP contribution in [-0.2, 0) is 11.2 Å². The molecule has 1 aromatic carbocycles. The molecule has 0 bridgehead atoms. The first-order valence-corrected chi connectivity index (χ1v) is 4.13. The minimum Gasteiger partial charge on any atom is -0.504 e. The normalized spacial score (nSPS) is 9.86. The number of rotatable bonds is 3. The summed E-state index contributed by atoms with van der Waals surface area (Å²) in [6, 6.07) is 3.04. The summed E-state index contributed by atoms with van der Waals surface area (Å²) in [5.74, 6) is -0.594. The van der Waals surface area contributed by atoms with Gasteiger partial charge < -0.3 is 14.9 Å². The molecular formula is C10H12O4. The number of carboxylic acids is 1. The maximum absolute atomic E-state index is 10.5. The van der Waals surface area contributed by atoms with Crippen molar-refractivity contribution in [1.29, 1.82) is 0 Å². The number of aliphatic carboxylic acids is 1. The van der Waals surface area contributed by atoms with Crippen molar-refractivity contribution in [3.8, 4) is 11.5 Å². The zero-order chi connectivity index (χ0) is 10.7. The number of aryl methyl sites for hydroxylation is 1. The zero-order valence-corrected chi connectivity index (χ0v) is 8.07. The highest BCUT2D eigenvalue weighted by molar-refractivity contribution is 5.71. The van der Waals surface area contributed by atoms with Crippen molar-refractivity contribution in [2.45, 2.75) is 13.3 Å². The molecule has 0 saturated heterocycles. The van der Waals surface area contributed by atoms with E-state index in [0.717, 1.165) is 5.56 Å². The lowest BCUT2D eigenvalue weighted by atomic mass is 10.0. The molecule has 4 heteroatoms. The van der Waals surface area contributed by atoms with Crippen molar-refractivity contribution in [1.82, 2.24) is 0 Å². The largest absolute Gasteiger partial charge is 0.504 e. The molecule has 4 nitrogen and oxygen atoms in total. The molecule has 0 unspecified atom stereocenters. The first-order chi connectivity index (χ1) is 6.54. The van der Waals surface area contributed by atoms with Crippen LogP contribution in [0.3, 0.4) is 0 Å². The highest BCUT2D eigenvalue weighted by Gasteiger charge is 2.09. The van der Waals surface area contributed by atoms with Gasteiger partial charge in [-0.2, -0.15) is 0 Å². The molecule has 0 aliphatic carbocycles. The van der Waals surface area contributed by atoms with E-state index in [1.165, 1.54) is 13.2 Å². The number of hydrogen-bond acceptors (Lipinski definition) is 3. The van der Waals surface area contributed by atoms with Crippen LogP contribution in [0.2, 0.25) is 0 Å². The van der Waals surface area contributed by atoms with Crippen molar-refractivity contribution in [2.24, 2.45) is 0 Å². The van der Waals surface area contributed by atoms with Crippen molar-refractivity contribution < 1.29 is 19.7 Å². The Morgan fingerprint density at radius 2 is 2.14 bits per heavy atom. The summed E-state index contributed by atoms with van der Waals surface area (Å²) in [4.78, 5) is 10.5. The van der Waals surface area contributed by atoms with Crippen LogP contribution in [0.25, 0.3) is 0 Å². The van der Waals surface area contributed by atoms with Crippen LogP contribution in [0, 0.1) is 6.92 Å². The summed E-state index contributed by atoms with van der Waals surface area (Å²) >= 11 is 0. The third-order valence-electron chi connectivity index (χ3n) is 1.98. The molecule has 0 spiro atoms. The molecule has 0 saturated carbocycles. The smallest absolute Gasteiger partial charge is 0.307 e. The number of hydrogen-bond donors (Lipinski definition) is 2. The van der Waals surface area contributed by atoms with Gasteiger partial charge in [-0.1, -0.05) is 0 Å². The second kappa shape index (κ2) is 4.00. The number of ether oxygens (including phenoxy) is 1. The molecule has 0 radical (unpaired) electrons. The van der Waals surface area contributed by atoms with E-state index in [1.54, 1.807) is 13.0 Å². The van der Waals surface area contributed by atoms with Gasteiger partial charge in [-0.25, -0.2) is 0 Å². The fraction of sp³-hybridized carbons (Fsp3) is 0.300.